The molecule has 0 saturated carbocycles. The molecule has 1 aliphatic heterocycles. The van der Waals surface area contributed by atoms with Gasteiger partial charge < -0.3 is 4.57 Å². The molecule has 0 N–H and O–H groups in total. The summed E-state index contributed by atoms with van der Waals surface area (Å²) in [5.41, 5.74) is 2.33. The van der Waals surface area contributed by atoms with Crippen molar-refractivity contribution in [1.82, 2.24) is 9.47 Å². The van der Waals surface area contributed by atoms with E-state index in [-0.39, 0.29) is 11.8 Å². The van der Waals surface area contributed by atoms with Gasteiger partial charge in [0.15, 0.2) is 0 Å². The van der Waals surface area contributed by atoms with Gasteiger partial charge in [-0.1, -0.05) is 18.2 Å². The molecule has 0 spiro atoms. The minimum atomic E-state index is -0.261. The van der Waals surface area contributed by atoms with Gasteiger partial charge in [0.05, 0.1) is 5.57 Å². The average Bonchev–Trinajstić information content (AvgIpc) is 2.83. The van der Waals surface area contributed by atoms with Crippen LogP contribution in [0, 0.1) is 0 Å². The van der Waals surface area contributed by atoms with Gasteiger partial charge >= 0.3 is 0 Å². The second kappa shape index (κ2) is 3.57. The highest BCUT2D eigenvalue weighted by atomic mass is 16.2. The summed E-state index contributed by atoms with van der Waals surface area (Å²) in [6.45, 7) is 0. The van der Waals surface area contributed by atoms with Crippen molar-refractivity contribution >= 4 is 28.3 Å². The Morgan fingerprint density at radius 3 is 2.44 bits per heavy atom. The van der Waals surface area contributed by atoms with E-state index in [2.05, 4.69) is 0 Å². The van der Waals surface area contributed by atoms with Gasteiger partial charge in [-0.2, -0.15) is 0 Å². The molecule has 90 valence electrons. The van der Waals surface area contributed by atoms with E-state index in [1.807, 2.05) is 42.1 Å². The number of hydrogen-bond donors (Lipinski definition) is 0. The van der Waals surface area contributed by atoms with Crippen LogP contribution in [-0.2, 0) is 16.6 Å². The van der Waals surface area contributed by atoms with Crippen molar-refractivity contribution in [2.75, 3.05) is 7.05 Å². The Hall–Kier alpha value is -2.36. The highest BCUT2D eigenvalue weighted by Crippen LogP contribution is 2.30. The first-order chi connectivity index (χ1) is 8.59. The molecule has 2 heterocycles. The van der Waals surface area contributed by atoms with Crippen LogP contribution in [0.2, 0.25) is 0 Å². The van der Waals surface area contributed by atoms with E-state index in [1.165, 1.54) is 13.1 Å². The minimum absolute atomic E-state index is 0.239. The van der Waals surface area contributed by atoms with E-state index >= 15 is 0 Å². The maximum atomic E-state index is 12.0. The van der Waals surface area contributed by atoms with Crippen molar-refractivity contribution in [1.29, 1.82) is 0 Å². The lowest BCUT2D eigenvalue weighted by molar-refractivity contribution is -0.134. The minimum Gasteiger partial charge on any atom is -0.350 e. The molecule has 0 radical (unpaired) electrons. The third-order valence-electron chi connectivity index (χ3n) is 3.32. The van der Waals surface area contributed by atoms with E-state index in [9.17, 15) is 9.59 Å². The zero-order valence-electron chi connectivity index (χ0n) is 10.2. The van der Waals surface area contributed by atoms with Crippen LogP contribution < -0.4 is 0 Å². The van der Waals surface area contributed by atoms with Crippen LogP contribution in [0.25, 0.3) is 16.5 Å². The molecule has 1 aromatic carbocycles. The van der Waals surface area contributed by atoms with Crippen molar-refractivity contribution in [2.45, 2.75) is 0 Å². The first-order valence-electron chi connectivity index (χ1n) is 5.68. The van der Waals surface area contributed by atoms with Crippen molar-refractivity contribution in [3.05, 3.63) is 42.1 Å². The number of fused-ring (bicyclic) bond motifs is 1. The smallest absolute Gasteiger partial charge is 0.261 e. The predicted octanol–water partition coefficient (Wildman–Crippen LogP) is 1.56. The van der Waals surface area contributed by atoms with Gasteiger partial charge in [-0.3, -0.25) is 14.5 Å². The summed E-state index contributed by atoms with van der Waals surface area (Å²) in [6, 6.07) is 7.83. The molecule has 0 unspecified atom stereocenters. The highest BCUT2D eigenvalue weighted by Gasteiger charge is 2.30. The molecule has 3 rings (SSSR count). The maximum absolute atomic E-state index is 12.0. The molecule has 2 aromatic rings. The Balaban J connectivity index is 2.25. The van der Waals surface area contributed by atoms with Crippen LogP contribution in [0.5, 0.6) is 0 Å². The molecule has 0 saturated heterocycles. The van der Waals surface area contributed by atoms with E-state index in [0.29, 0.717) is 5.57 Å². The van der Waals surface area contributed by atoms with E-state index in [0.717, 1.165) is 21.4 Å². The molecule has 4 nitrogen and oxygen atoms in total. The SMILES string of the molecule is CN1C(=O)C=C(c2cn(C)c3ccccc23)C1=O. The fourth-order valence-corrected chi connectivity index (χ4v) is 2.31. The fourth-order valence-electron chi connectivity index (χ4n) is 2.31. The van der Waals surface area contributed by atoms with Gasteiger partial charge in [-0.15, -0.1) is 0 Å². The van der Waals surface area contributed by atoms with Crippen LogP contribution >= 0.6 is 0 Å². The van der Waals surface area contributed by atoms with Crippen molar-refractivity contribution in [3.63, 3.8) is 0 Å². The summed E-state index contributed by atoms with van der Waals surface area (Å²) in [5, 5.41) is 0.989. The maximum Gasteiger partial charge on any atom is 0.261 e. The number of hydrogen-bond acceptors (Lipinski definition) is 2. The number of aromatic nitrogens is 1. The summed E-state index contributed by atoms with van der Waals surface area (Å²) >= 11 is 0. The van der Waals surface area contributed by atoms with E-state index < -0.39 is 0 Å². The molecule has 0 atom stereocenters. The molecule has 0 fully saturated rings. The molecule has 4 heteroatoms. The Labute approximate surface area is 104 Å². The van der Waals surface area contributed by atoms with E-state index in [1.54, 1.807) is 0 Å². The summed E-state index contributed by atoms with van der Waals surface area (Å²) in [4.78, 5) is 24.7. The number of amides is 2. The zero-order valence-corrected chi connectivity index (χ0v) is 10.2. The lowest BCUT2D eigenvalue weighted by atomic mass is 10.1. The largest absolute Gasteiger partial charge is 0.350 e. The summed E-state index contributed by atoms with van der Waals surface area (Å²) in [7, 11) is 3.43. The molecule has 1 aromatic heterocycles. The molecule has 0 aliphatic carbocycles. The highest BCUT2D eigenvalue weighted by molar-refractivity contribution is 6.34. The second-order valence-corrected chi connectivity index (χ2v) is 4.43. The Morgan fingerprint density at radius 1 is 1.06 bits per heavy atom. The topological polar surface area (TPSA) is 42.3 Å². The molecule has 1 aliphatic rings. The van der Waals surface area contributed by atoms with Gasteiger partial charge in [-0.25, -0.2) is 0 Å². The number of carbonyl (C=O) groups is 2. The molecule has 18 heavy (non-hydrogen) atoms. The number of rotatable bonds is 1. The predicted molar refractivity (Wildman–Crippen MR) is 68.7 cm³/mol. The normalized spacial score (nSPS) is 15.7. The number of aryl methyl sites for hydroxylation is 1. The van der Waals surface area contributed by atoms with Gasteiger partial charge in [0.1, 0.15) is 0 Å². The molecular formula is C14H12N2O2. The van der Waals surface area contributed by atoms with Crippen LogP contribution in [0.15, 0.2) is 36.5 Å². The van der Waals surface area contributed by atoms with Gasteiger partial charge in [0.25, 0.3) is 11.8 Å². The van der Waals surface area contributed by atoms with Gasteiger partial charge in [0, 0.05) is 42.8 Å². The lowest BCUT2D eigenvalue weighted by Crippen LogP contribution is -2.25. The second-order valence-electron chi connectivity index (χ2n) is 4.43. The number of likely N-dealkylation sites (N-methyl/N-ethyl adjacent to an activating group) is 1. The first-order valence-corrected chi connectivity index (χ1v) is 5.68. The van der Waals surface area contributed by atoms with Crippen LogP contribution in [0.4, 0.5) is 0 Å². The summed E-state index contributed by atoms with van der Waals surface area (Å²) in [6.07, 6.45) is 3.30. The number of nitrogens with zero attached hydrogens (tertiary/aromatic N) is 2. The standard InChI is InChI=1S/C14H12N2O2/c1-15-8-11(9-5-3-4-6-12(9)15)10-7-13(17)16(2)14(10)18/h3-8H,1-2H3. The third kappa shape index (κ3) is 1.32. The molecule has 2 amide bonds. The third-order valence-corrected chi connectivity index (χ3v) is 3.32. The van der Waals surface area contributed by atoms with Crippen molar-refractivity contribution in [3.8, 4) is 0 Å². The van der Waals surface area contributed by atoms with Crippen molar-refractivity contribution < 1.29 is 9.59 Å². The van der Waals surface area contributed by atoms with Crippen LogP contribution in [-0.4, -0.2) is 28.3 Å². The van der Waals surface area contributed by atoms with Gasteiger partial charge in [0.2, 0.25) is 0 Å². The fraction of sp³-hybridized carbons (Fsp3) is 0.143. The number of para-hydroxylation sites is 1. The van der Waals surface area contributed by atoms with Gasteiger partial charge in [-0.05, 0) is 6.07 Å². The quantitative estimate of drug-likeness (QED) is 0.710. The Morgan fingerprint density at radius 2 is 1.78 bits per heavy atom. The molecular weight excluding hydrogens is 228 g/mol. The monoisotopic (exact) mass is 240 g/mol. The zero-order chi connectivity index (χ0) is 12.9. The average molecular weight is 240 g/mol. The number of carbonyl (C=O) groups excluding carboxylic acids is 2. The van der Waals surface area contributed by atoms with Crippen molar-refractivity contribution in [2.24, 2.45) is 7.05 Å². The lowest BCUT2D eigenvalue weighted by Gasteiger charge is -2.05. The summed E-state index contributed by atoms with van der Waals surface area (Å²) in [5.74, 6) is -0.501. The van der Waals surface area contributed by atoms with Crippen LogP contribution in [0.1, 0.15) is 5.56 Å². The number of imide groups is 1. The Bertz CT molecular complexity index is 710. The van der Waals surface area contributed by atoms with E-state index in [4.69, 9.17) is 0 Å². The molecule has 0 bridgehead atoms. The first kappa shape index (κ1) is 10.8. The Kier molecular flexibility index (Phi) is 2.13. The summed E-state index contributed by atoms with van der Waals surface area (Å²) < 4.78 is 1.96. The van der Waals surface area contributed by atoms with Crippen LogP contribution in [0.3, 0.4) is 0 Å². The number of benzene rings is 1.